The smallest absolute Gasteiger partial charge is 0.421 e. The number of halogens is 3. The van der Waals surface area contributed by atoms with Gasteiger partial charge >= 0.3 is 6.18 Å². The van der Waals surface area contributed by atoms with E-state index in [1.807, 2.05) is 32.0 Å². The van der Waals surface area contributed by atoms with E-state index in [9.17, 15) is 13.2 Å². The van der Waals surface area contributed by atoms with Gasteiger partial charge in [0.1, 0.15) is 17.1 Å². The average molecular weight is 402 g/mol. The molecule has 3 aromatic rings. The Morgan fingerprint density at radius 1 is 1.00 bits per heavy atom. The standard InChI is InChI=1S/C21H21F3N4O/c1-3-11-29-17-9-7-15(8-10-17)26-19-18(21(22,23)24)13-25-20(28-19)27-16-6-4-5-14(2)12-16/h4-10,12-13H,3,11H2,1-2H3,(H2,25,26,27,28). The molecule has 0 radical (unpaired) electrons. The molecular formula is C21H21F3N4O. The third-order valence-corrected chi connectivity index (χ3v) is 3.96. The van der Waals surface area contributed by atoms with E-state index in [1.165, 1.54) is 0 Å². The first kappa shape index (κ1) is 20.4. The van der Waals surface area contributed by atoms with Crippen molar-refractivity contribution in [2.75, 3.05) is 17.2 Å². The molecule has 0 bridgehead atoms. The van der Waals surface area contributed by atoms with Crippen LogP contribution in [0, 0.1) is 6.92 Å². The Hall–Kier alpha value is -3.29. The zero-order valence-corrected chi connectivity index (χ0v) is 16.0. The second-order valence-electron chi connectivity index (χ2n) is 6.45. The van der Waals surface area contributed by atoms with Crippen molar-refractivity contribution in [3.05, 3.63) is 65.9 Å². The molecule has 29 heavy (non-hydrogen) atoms. The number of aromatic nitrogens is 2. The molecule has 0 spiro atoms. The Morgan fingerprint density at radius 3 is 2.41 bits per heavy atom. The Balaban J connectivity index is 1.86. The lowest BCUT2D eigenvalue weighted by Crippen LogP contribution is -2.12. The van der Waals surface area contributed by atoms with E-state index in [-0.39, 0.29) is 11.8 Å². The van der Waals surface area contributed by atoms with Gasteiger partial charge in [0, 0.05) is 17.6 Å². The van der Waals surface area contributed by atoms with E-state index >= 15 is 0 Å². The number of nitrogens with zero attached hydrogens (tertiary/aromatic N) is 2. The monoisotopic (exact) mass is 402 g/mol. The first-order chi connectivity index (χ1) is 13.8. The number of hydrogen-bond donors (Lipinski definition) is 2. The molecule has 5 nitrogen and oxygen atoms in total. The van der Waals surface area contributed by atoms with Crippen molar-refractivity contribution in [2.45, 2.75) is 26.4 Å². The number of alkyl halides is 3. The van der Waals surface area contributed by atoms with Gasteiger partial charge in [-0.3, -0.25) is 0 Å². The third kappa shape index (κ3) is 5.60. The Labute approximate surface area is 167 Å². The molecule has 2 aromatic carbocycles. The zero-order valence-electron chi connectivity index (χ0n) is 16.0. The van der Waals surface area contributed by atoms with Crippen molar-refractivity contribution in [1.82, 2.24) is 9.97 Å². The maximum Gasteiger partial charge on any atom is 0.421 e. The number of nitrogens with one attached hydrogen (secondary N) is 2. The maximum absolute atomic E-state index is 13.4. The summed E-state index contributed by atoms with van der Waals surface area (Å²) >= 11 is 0. The second kappa shape index (κ2) is 8.81. The van der Waals surface area contributed by atoms with E-state index in [0.717, 1.165) is 18.2 Å². The van der Waals surface area contributed by atoms with Gasteiger partial charge in [0.05, 0.1) is 6.61 Å². The topological polar surface area (TPSA) is 59.1 Å². The van der Waals surface area contributed by atoms with Crippen LogP contribution in [0.1, 0.15) is 24.5 Å². The minimum Gasteiger partial charge on any atom is -0.494 e. The summed E-state index contributed by atoms with van der Waals surface area (Å²) in [7, 11) is 0. The van der Waals surface area contributed by atoms with E-state index in [2.05, 4.69) is 20.6 Å². The van der Waals surface area contributed by atoms with Crippen molar-refractivity contribution in [3.8, 4) is 5.75 Å². The van der Waals surface area contributed by atoms with Crippen LogP contribution >= 0.6 is 0 Å². The largest absolute Gasteiger partial charge is 0.494 e. The molecule has 8 heteroatoms. The van der Waals surface area contributed by atoms with Gasteiger partial charge in [-0.15, -0.1) is 0 Å². The van der Waals surface area contributed by atoms with Crippen LogP contribution in [-0.4, -0.2) is 16.6 Å². The quantitative estimate of drug-likeness (QED) is 0.502. The van der Waals surface area contributed by atoms with Crippen molar-refractivity contribution in [3.63, 3.8) is 0 Å². The van der Waals surface area contributed by atoms with Crippen LogP contribution in [-0.2, 0) is 6.18 Å². The molecule has 0 saturated carbocycles. The highest BCUT2D eigenvalue weighted by Crippen LogP contribution is 2.35. The van der Waals surface area contributed by atoms with Crippen LogP contribution in [0.3, 0.4) is 0 Å². The molecule has 0 saturated heterocycles. The van der Waals surface area contributed by atoms with Crippen molar-refractivity contribution < 1.29 is 17.9 Å². The minimum absolute atomic E-state index is 0.0639. The fourth-order valence-corrected chi connectivity index (χ4v) is 2.59. The number of anilines is 4. The fraction of sp³-hybridized carbons (Fsp3) is 0.238. The first-order valence-corrected chi connectivity index (χ1v) is 9.13. The molecule has 0 aliphatic heterocycles. The molecule has 0 fully saturated rings. The summed E-state index contributed by atoms with van der Waals surface area (Å²) in [5.74, 6) is 0.386. The summed E-state index contributed by atoms with van der Waals surface area (Å²) in [5, 5.41) is 5.67. The Kier molecular flexibility index (Phi) is 6.21. The van der Waals surface area contributed by atoms with E-state index in [0.29, 0.717) is 23.7 Å². The summed E-state index contributed by atoms with van der Waals surface area (Å²) < 4.78 is 45.7. The van der Waals surface area contributed by atoms with Gasteiger partial charge < -0.3 is 15.4 Å². The fourth-order valence-electron chi connectivity index (χ4n) is 2.59. The molecule has 1 heterocycles. The van der Waals surface area contributed by atoms with Crippen LogP contribution in [0.5, 0.6) is 5.75 Å². The van der Waals surface area contributed by atoms with Gasteiger partial charge in [0.2, 0.25) is 5.95 Å². The molecule has 0 aliphatic rings. The van der Waals surface area contributed by atoms with Gasteiger partial charge in [-0.25, -0.2) is 4.98 Å². The molecule has 0 atom stereocenters. The van der Waals surface area contributed by atoms with Crippen LogP contribution in [0.25, 0.3) is 0 Å². The molecule has 1 aromatic heterocycles. The highest BCUT2D eigenvalue weighted by atomic mass is 19.4. The summed E-state index contributed by atoms with van der Waals surface area (Å²) in [4.78, 5) is 7.86. The summed E-state index contributed by atoms with van der Waals surface area (Å²) in [6, 6.07) is 14.1. The van der Waals surface area contributed by atoms with Gasteiger partial charge in [-0.1, -0.05) is 19.1 Å². The summed E-state index contributed by atoms with van der Waals surface area (Å²) in [6.45, 7) is 4.48. The van der Waals surface area contributed by atoms with Gasteiger partial charge in [0.25, 0.3) is 0 Å². The van der Waals surface area contributed by atoms with Gasteiger partial charge in [-0.05, 0) is 55.3 Å². The third-order valence-electron chi connectivity index (χ3n) is 3.96. The summed E-state index contributed by atoms with van der Waals surface area (Å²) in [5.41, 5.74) is 1.21. The zero-order chi connectivity index (χ0) is 20.9. The van der Waals surface area contributed by atoms with Crippen LogP contribution in [0.2, 0.25) is 0 Å². The van der Waals surface area contributed by atoms with Gasteiger partial charge in [-0.2, -0.15) is 18.2 Å². The molecular weight excluding hydrogens is 381 g/mol. The lowest BCUT2D eigenvalue weighted by atomic mass is 10.2. The molecule has 0 unspecified atom stereocenters. The predicted molar refractivity (Wildman–Crippen MR) is 107 cm³/mol. The number of ether oxygens (including phenoxy) is 1. The predicted octanol–water partition coefficient (Wildman–Crippen LogP) is 6.08. The molecule has 2 N–H and O–H groups in total. The minimum atomic E-state index is -4.59. The van der Waals surface area contributed by atoms with Crippen LogP contribution in [0.4, 0.5) is 36.3 Å². The molecule has 0 aliphatic carbocycles. The normalized spacial score (nSPS) is 11.2. The highest BCUT2D eigenvalue weighted by molar-refractivity contribution is 5.63. The first-order valence-electron chi connectivity index (χ1n) is 9.13. The molecule has 3 rings (SSSR count). The van der Waals surface area contributed by atoms with Crippen LogP contribution < -0.4 is 15.4 Å². The number of aryl methyl sites for hydroxylation is 1. The Morgan fingerprint density at radius 2 is 1.76 bits per heavy atom. The highest BCUT2D eigenvalue weighted by Gasteiger charge is 2.35. The SMILES string of the molecule is CCCOc1ccc(Nc2nc(Nc3cccc(C)c3)ncc2C(F)(F)F)cc1. The lowest BCUT2D eigenvalue weighted by Gasteiger charge is -2.15. The Bertz CT molecular complexity index is 959. The van der Waals surface area contributed by atoms with Crippen molar-refractivity contribution in [2.24, 2.45) is 0 Å². The lowest BCUT2D eigenvalue weighted by molar-refractivity contribution is -0.137. The number of rotatable bonds is 7. The van der Waals surface area contributed by atoms with Crippen molar-refractivity contribution in [1.29, 1.82) is 0 Å². The number of hydrogen-bond acceptors (Lipinski definition) is 5. The molecule has 0 amide bonds. The van der Waals surface area contributed by atoms with E-state index in [4.69, 9.17) is 4.74 Å². The number of benzene rings is 2. The van der Waals surface area contributed by atoms with E-state index < -0.39 is 11.7 Å². The van der Waals surface area contributed by atoms with Gasteiger partial charge in [0.15, 0.2) is 0 Å². The van der Waals surface area contributed by atoms with Crippen LogP contribution in [0.15, 0.2) is 54.7 Å². The maximum atomic E-state index is 13.4. The average Bonchev–Trinajstić information content (AvgIpc) is 2.67. The second-order valence-corrected chi connectivity index (χ2v) is 6.45. The van der Waals surface area contributed by atoms with E-state index in [1.54, 1.807) is 30.3 Å². The summed E-state index contributed by atoms with van der Waals surface area (Å²) in [6.07, 6.45) is -2.95. The van der Waals surface area contributed by atoms with Crippen molar-refractivity contribution >= 4 is 23.1 Å². The molecule has 152 valence electrons.